The normalized spacial score (nSPS) is 17.0. The molecule has 0 spiro atoms. The first-order chi connectivity index (χ1) is 33.3. The van der Waals surface area contributed by atoms with Gasteiger partial charge in [-0.05, 0) is 63.7 Å². The maximum Gasteiger partial charge on any atom is 0.248 e. The average molecular weight is 1010 g/mol. The molecule has 24 nitrogen and oxygen atoms in total. The summed E-state index contributed by atoms with van der Waals surface area (Å²) in [5.41, 5.74) is 11.0. The fourth-order valence-electron chi connectivity index (χ4n) is 7.81. The number of carbonyl (C=O) groups excluding carboxylic acids is 10. The fraction of sp³-hybridized carbons (Fsp3) is 0.766. The summed E-state index contributed by atoms with van der Waals surface area (Å²) in [6, 6.07) is -8.25. The van der Waals surface area contributed by atoms with Crippen LogP contribution in [0.1, 0.15) is 121 Å². The van der Waals surface area contributed by atoms with E-state index in [1.807, 2.05) is 6.92 Å². The maximum absolute atomic E-state index is 14.3. The third kappa shape index (κ3) is 20.3. The summed E-state index contributed by atoms with van der Waals surface area (Å²) in [4.78, 5) is 142. The van der Waals surface area contributed by atoms with E-state index in [4.69, 9.17) is 11.5 Å². The van der Waals surface area contributed by atoms with Crippen LogP contribution in [0.4, 0.5) is 0 Å². The van der Waals surface area contributed by atoms with E-state index in [2.05, 4.69) is 42.2 Å². The van der Waals surface area contributed by atoms with Gasteiger partial charge in [0.1, 0.15) is 42.3 Å². The number of nitrogens with zero attached hydrogens (tertiary/aromatic N) is 4. The van der Waals surface area contributed by atoms with Crippen molar-refractivity contribution >= 4 is 65.0 Å². The van der Waals surface area contributed by atoms with Crippen LogP contribution in [0.5, 0.6) is 0 Å². The van der Waals surface area contributed by atoms with Gasteiger partial charge in [-0.3, -0.25) is 52.9 Å². The zero-order chi connectivity index (χ0) is 54.3. The number of likely N-dealkylation sites (N-methyl/N-ethyl adjacent to an activating group) is 3. The quantitative estimate of drug-likeness (QED) is 0.0211. The van der Waals surface area contributed by atoms with E-state index in [0.29, 0.717) is 51.6 Å². The Balaban J connectivity index is 3.38. The van der Waals surface area contributed by atoms with Crippen LogP contribution in [0.25, 0.3) is 0 Å². The van der Waals surface area contributed by atoms with Gasteiger partial charge in [-0.25, -0.2) is 0 Å². The lowest BCUT2D eigenvalue weighted by Gasteiger charge is -2.35. The van der Waals surface area contributed by atoms with E-state index in [0.717, 1.165) is 9.80 Å². The number of hydrogen-bond donors (Lipinski definition) is 10. The molecule has 3 unspecified atom stereocenters. The van der Waals surface area contributed by atoms with E-state index in [-0.39, 0.29) is 43.7 Å². The molecule has 10 atom stereocenters. The minimum absolute atomic E-state index is 0.110. The Labute approximate surface area is 419 Å². The number of rotatable bonds is 30. The van der Waals surface area contributed by atoms with E-state index in [1.54, 1.807) is 48.5 Å². The van der Waals surface area contributed by atoms with Gasteiger partial charge in [-0.15, -0.1) is 0 Å². The molecule has 10 amide bonds. The van der Waals surface area contributed by atoms with Crippen molar-refractivity contribution in [1.82, 2.24) is 51.9 Å². The number of nitrogens with two attached hydrogens (primary N) is 2. The molecule has 1 saturated heterocycles. The van der Waals surface area contributed by atoms with Crippen molar-refractivity contribution in [3.63, 3.8) is 0 Å². The van der Waals surface area contributed by atoms with Crippen LogP contribution < -0.4 is 48.7 Å². The molecule has 0 saturated carbocycles. The van der Waals surface area contributed by atoms with Gasteiger partial charge in [0.05, 0.1) is 19.2 Å². The molecule has 1 aliphatic heterocycles. The number of aliphatic imine (C=N–C) groups is 1. The van der Waals surface area contributed by atoms with E-state index in [9.17, 15) is 53.1 Å². The lowest BCUT2D eigenvalue weighted by molar-refractivity contribution is -0.146. The Morgan fingerprint density at radius 2 is 1.27 bits per heavy atom. The highest BCUT2D eigenvalue weighted by atomic mass is 16.3. The first kappa shape index (κ1) is 62.9. The molecule has 1 heterocycles. The summed E-state index contributed by atoms with van der Waals surface area (Å²) in [6.07, 6.45) is 1.27. The molecular weight excluding hydrogens is 923 g/mol. The van der Waals surface area contributed by atoms with Gasteiger partial charge in [-0.2, -0.15) is 0 Å². The van der Waals surface area contributed by atoms with Crippen LogP contribution in [-0.2, 0) is 47.9 Å². The first-order valence-corrected chi connectivity index (χ1v) is 24.8. The second-order valence-electron chi connectivity index (χ2n) is 18.8. The largest absolute Gasteiger partial charge is 0.391 e. The predicted molar refractivity (Wildman–Crippen MR) is 266 cm³/mol. The van der Waals surface area contributed by atoms with Crippen molar-refractivity contribution in [3.05, 3.63) is 0 Å². The van der Waals surface area contributed by atoms with Gasteiger partial charge in [-0.1, -0.05) is 67.7 Å². The van der Waals surface area contributed by atoms with Gasteiger partial charge in [0.2, 0.25) is 59.1 Å². The van der Waals surface area contributed by atoms with Crippen LogP contribution in [-0.4, -0.2) is 180 Å². The zero-order valence-electron chi connectivity index (χ0n) is 44.0. The monoisotopic (exact) mass is 1010 g/mol. The van der Waals surface area contributed by atoms with Crippen molar-refractivity contribution < 1.29 is 53.1 Å². The number of nitrogens with one attached hydrogen (secondary N) is 7. The van der Waals surface area contributed by atoms with Crippen LogP contribution in [0.3, 0.4) is 0 Å². The van der Waals surface area contributed by atoms with Gasteiger partial charge >= 0.3 is 0 Å². The molecule has 0 aromatic rings. The highest BCUT2D eigenvalue weighted by molar-refractivity contribution is 5.98. The molecule has 0 aromatic carbocycles. The Morgan fingerprint density at radius 3 is 1.77 bits per heavy atom. The van der Waals surface area contributed by atoms with Crippen molar-refractivity contribution in [2.75, 3.05) is 46.8 Å². The highest BCUT2D eigenvalue weighted by Crippen LogP contribution is 2.21. The van der Waals surface area contributed by atoms with Crippen LogP contribution in [0.2, 0.25) is 0 Å². The second kappa shape index (κ2) is 31.3. The summed E-state index contributed by atoms with van der Waals surface area (Å²) in [6.45, 7) is 16.6. The number of aliphatic hydroxyl groups is 1. The number of aliphatic hydroxyl groups excluding tert-OH is 1. The summed E-state index contributed by atoms with van der Waals surface area (Å²) in [5.74, 6) is -7.80. The lowest BCUT2D eigenvalue weighted by atomic mass is 9.95. The number of amides is 10. The molecule has 0 aromatic heterocycles. The van der Waals surface area contributed by atoms with E-state index >= 15 is 0 Å². The Morgan fingerprint density at radius 1 is 0.718 bits per heavy atom. The van der Waals surface area contributed by atoms with E-state index in [1.165, 1.54) is 32.8 Å². The molecule has 71 heavy (non-hydrogen) atoms. The van der Waals surface area contributed by atoms with Gasteiger partial charge < -0.3 is 68.5 Å². The van der Waals surface area contributed by atoms with Crippen molar-refractivity contribution in [3.8, 4) is 0 Å². The lowest BCUT2D eigenvalue weighted by Crippen LogP contribution is -2.63. The summed E-state index contributed by atoms with van der Waals surface area (Å²) in [5, 5.41) is 29.6. The van der Waals surface area contributed by atoms with Gasteiger partial charge in [0.25, 0.3) is 0 Å². The molecular formula is C47H85N13O11. The van der Waals surface area contributed by atoms with Crippen LogP contribution >= 0.6 is 0 Å². The Kier molecular flexibility index (Phi) is 27.8. The standard InChI is InChI=1S/C47H85N13O11/c1-13-19-32(41(66)55-37(27(7)14-2)43(68)53-31(20-17-22-51-47(48)49)45(70)60-23-18-21-33(60)40(65)50-16-4)59(12)46(71)39(29(9)61)57-44(69)38(28(8)15-3)56-42(67)36(26(5)6)54-34(63)24-52-35(64)25-58(11)30(10)62/h26-29,31-33,36-39,61H,13-25H2,1-12H3,(H,50,65)(H,52,64)(H,53,68)(H,54,63)(H,55,66)(H,56,67)(H,57,69)(H4,48,49,51)/t27?,28?,29?,31-,32-,33-,36-,37-,38+,39-/m0/s1. The van der Waals surface area contributed by atoms with Crippen molar-refractivity contribution in [1.29, 1.82) is 0 Å². The number of likely N-dealkylation sites (tertiary alicyclic amines) is 1. The third-order valence-corrected chi connectivity index (χ3v) is 12.7. The summed E-state index contributed by atoms with van der Waals surface area (Å²) < 4.78 is 0. The number of hydrogen-bond acceptors (Lipinski definition) is 12. The van der Waals surface area contributed by atoms with Crippen molar-refractivity contribution in [2.24, 2.45) is 34.2 Å². The first-order valence-electron chi connectivity index (χ1n) is 24.8. The molecule has 404 valence electrons. The number of carbonyl (C=O) groups is 10. The van der Waals surface area contributed by atoms with Crippen molar-refractivity contribution in [2.45, 2.75) is 169 Å². The molecule has 12 N–H and O–H groups in total. The fourth-order valence-corrected chi connectivity index (χ4v) is 7.81. The third-order valence-electron chi connectivity index (χ3n) is 12.7. The van der Waals surface area contributed by atoms with E-state index < -0.39 is 120 Å². The summed E-state index contributed by atoms with van der Waals surface area (Å²) >= 11 is 0. The smallest absolute Gasteiger partial charge is 0.248 e. The highest BCUT2D eigenvalue weighted by Gasteiger charge is 2.41. The minimum atomic E-state index is -1.61. The average Bonchev–Trinajstić information content (AvgIpc) is 3.81. The topological polar surface area (TPSA) is 349 Å². The maximum atomic E-state index is 14.3. The molecule has 1 rings (SSSR count). The minimum Gasteiger partial charge on any atom is -0.391 e. The SMILES string of the molecule is CCC[C@@H](C(=O)N[C@H](C(=O)N[C@@H](CCCN=C(N)N)C(=O)N1CCC[C@H]1C(=O)NCC)C(C)CC)N(C)C(=O)[C@@H](NC(=O)[C@H](NC(=O)[C@@H](NC(=O)CNC(=O)CN(C)C(C)=O)C(C)C)C(C)CC)C(C)O. The molecule has 0 bridgehead atoms. The van der Waals surface area contributed by atoms with Crippen LogP contribution in [0, 0.1) is 17.8 Å². The van der Waals surface area contributed by atoms with Gasteiger partial charge in [0, 0.05) is 40.7 Å². The molecule has 24 heteroatoms. The van der Waals surface area contributed by atoms with Gasteiger partial charge in [0.15, 0.2) is 5.96 Å². The number of guanidine groups is 1. The Hall–Kier alpha value is -6.07. The predicted octanol–water partition coefficient (Wildman–Crippen LogP) is -2.06. The second-order valence-corrected chi connectivity index (χ2v) is 18.8. The molecule has 1 fully saturated rings. The molecule has 0 aliphatic carbocycles. The zero-order valence-corrected chi connectivity index (χ0v) is 44.0. The summed E-state index contributed by atoms with van der Waals surface area (Å²) in [7, 11) is 2.76. The molecule has 0 radical (unpaired) electrons. The van der Waals surface area contributed by atoms with Crippen LogP contribution in [0.15, 0.2) is 4.99 Å². The Bertz CT molecular complexity index is 1860. The molecule has 1 aliphatic rings.